The van der Waals surface area contributed by atoms with Crippen LogP contribution in [0.5, 0.6) is 0 Å². The summed E-state index contributed by atoms with van der Waals surface area (Å²) in [6.45, 7) is 0. The van der Waals surface area contributed by atoms with E-state index in [2.05, 4.69) is 25.6 Å². The molecule has 0 spiro atoms. The fourth-order valence-electron chi connectivity index (χ4n) is 2.95. The van der Waals surface area contributed by atoms with Gasteiger partial charge in [0.25, 0.3) is 5.91 Å². The number of halogens is 2. The number of para-hydroxylation sites is 1. The third-order valence-electron chi connectivity index (χ3n) is 4.55. The molecule has 1 N–H and O–H groups in total. The van der Waals surface area contributed by atoms with Crippen molar-refractivity contribution in [2.45, 2.75) is 0 Å². The molecule has 0 atom stereocenters. The molecule has 3 aromatic carbocycles. The van der Waals surface area contributed by atoms with Crippen molar-refractivity contribution in [1.29, 1.82) is 0 Å². The van der Waals surface area contributed by atoms with Gasteiger partial charge in [-0.2, -0.15) is 4.99 Å². The van der Waals surface area contributed by atoms with E-state index >= 15 is 0 Å². The Balaban J connectivity index is 1.53. The molecule has 0 aliphatic heterocycles. The molecule has 0 saturated carbocycles. The largest absolute Gasteiger partial charge is 0.402 e. The quantitative estimate of drug-likeness (QED) is 0.324. The van der Waals surface area contributed by atoms with Crippen LogP contribution in [0, 0.1) is 0 Å². The Hall–Kier alpha value is -3.79. The van der Waals surface area contributed by atoms with Gasteiger partial charge in [-0.1, -0.05) is 57.8 Å². The molecule has 5 aromatic rings. The highest BCUT2D eigenvalue weighted by Gasteiger charge is 2.16. The Kier molecular flexibility index (Phi) is 6.22. The number of amides is 1. The molecular weight excluding hydrogens is 495 g/mol. The fourth-order valence-corrected chi connectivity index (χ4v) is 4.00. The lowest BCUT2D eigenvalue weighted by Gasteiger charge is -2.02. The molecule has 0 unspecified atom stereocenters. The number of carbonyl (C=O) groups is 1. The molecule has 0 bridgehead atoms. The Labute approximate surface area is 207 Å². The highest BCUT2D eigenvalue weighted by atomic mass is 35.5. The zero-order valence-corrected chi connectivity index (χ0v) is 19.6. The van der Waals surface area contributed by atoms with Gasteiger partial charge in [0.15, 0.2) is 0 Å². The van der Waals surface area contributed by atoms with E-state index in [4.69, 9.17) is 27.6 Å². The van der Waals surface area contributed by atoms with Crippen LogP contribution in [0.25, 0.3) is 17.1 Å². The topological polar surface area (TPSA) is 98.2 Å². The molecule has 11 heteroatoms. The summed E-state index contributed by atoms with van der Waals surface area (Å²) in [6, 6.07) is 23.1. The SMILES string of the molecule is O=C(Nc1ccccc1)c1nn(-c2ccc(Cl)cc2)c(=Nc2nnc(-c3ccc(Cl)cc3)o2)s1. The van der Waals surface area contributed by atoms with E-state index < -0.39 is 0 Å². The predicted molar refractivity (Wildman–Crippen MR) is 131 cm³/mol. The highest BCUT2D eigenvalue weighted by Crippen LogP contribution is 2.23. The average Bonchev–Trinajstić information content (AvgIpc) is 3.49. The Morgan fingerprint density at radius 3 is 2.29 bits per heavy atom. The van der Waals surface area contributed by atoms with Crippen molar-refractivity contribution >= 4 is 52.1 Å². The standard InChI is InChI=1S/C23H14Cl2N6O2S/c24-15-8-6-14(7-9-15)20-28-29-22(33-20)27-23-31(18-12-10-16(25)11-13-18)30-21(34-23)19(32)26-17-4-2-1-3-5-17/h1-13H,(H,26,32). The van der Waals surface area contributed by atoms with Crippen molar-refractivity contribution in [3.8, 4) is 17.1 Å². The minimum Gasteiger partial charge on any atom is -0.402 e. The zero-order chi connectivity index (χ0) is 23.5. The Morgan fingerprint density at radius 1 is 0.912 bits per heavy atom. The Bertz CT molecular complexity index is 1510. The number of rotatable bonds is 5. The van der Waals surface area contributed by atoms with Crippen LogP contribution in [0.3, 0.4) is 0 Å². The molecule has 0 aliphatic rings. The van der Waals surface area contributed by atoms with E-state index in [0.29, 0.717) is 37.7 Å². The van der Waals surface area contributed by atoms with Gasteiger partial charge in [0.1, 0.15) is 0 Å². The minimum atomic E-state index is -0.368. The van der Waals surface area contributed by atoms with Gasteiger partial charge in [-0.25, -0.2) is 4.68 Å². The maximum Gasteiger partial charge on any atom is 0.345 e. The van der Waals surface area contributed by atoms with Crippen molar-refractivity contribution in [2.24, 2.45) is 4.99 Å². The second-order valence-electron chi connectivity index (χ2n) is 6.91. The highest BCUT2D eigenvalue weighted by molar-refractivity contribution is 7.11. The number of aromatic nitrogens is 4. The van der Waals surface area contributed by atoms with Gasteiger partial charge in [-0.3, -0.25) is 4.79 Å². The molecule has 2 heterocycles. The van der Waals surface area contributed by atoms with Crippen molar-refractivity contribution in [3.63, 3.8) is 0 Å². The first-order valence-electron chi connectivity index (χ1n) is 9.92. The van der Waals surface area contributed by atoms with Crippen molar-refractivity contribution in [3.05, 3.63) is 98.7 Å². The molecule has 1 amide bonds. The van der Waals surface area contributed by atoms with Crippen LogP contribution in [0.2, 0.25) is 10.0 Å². The monoisotopic (exact) mass is 508 g/mol. The van der Waals surface area contributed by atoms with Crippen LogP contribution in [-0.2, 0) is 0 Å². The summed E-state index contributed by atoms with van der Waals surface area (Å²) in [5.41, 5.74) is 2.02. The number of carbonyl (C=O) groups excluding carboxylic acids is 1. The second kappa shape index (κ2) is 9.60. The minimum absolute atomic E-state index is 0.0198. The van der Waals surface area contributed by atoms with E-state index in [1.54, 1.807) is 60.7 Å². The van der Waals surface area contributed by atoms with Crippen LogP contribution < -0.4 is 10.1 Å². The van der Waals surface area contributed by atoms with Crippen LogP contribution in [-0.4, -0.2) is 25.9 Å². The summed E-state index contributed by atoms with van der Waals surface area (Å²) in [4.78, 5) is 17.7. The van der Waals surface area contributed by atoms with E-state index in [1.807, 2.05) is 18.2 Å². The molecule has 5 rings (SSSR count). The molecule has 0 fully saturated rings. The first kappa shape index (κ1) is 22.0. The molecule has 2 aromatic heterocycles. The molecule has 0 aliphatic carbocycles. The summed E-state index contributed by atoms with van der Waals surface area (Å²) in [5.74, 6) is -0.0761. The van der Waals surface area contributed by atoms with Gasteiger partial charge in [-0.15, -0.1) is 10.2 Å². The summed E-state index contributed by atoms with van der Waals surface area (Å²) in [5, 5.41) is 16.7. The van der Waals surface area contributed by atoms with Crippen molar-refractivity contribution in [1.82, 2.24) is 20.0 Å². The molecule has 168 valence electrons. The predicted octanol–water partition coefficient (Wildman–Crippen LogP) is 5.78. The molecular formula is C23H14Cl2N6O2S. The lowest BCUT2D eigenvalue weighted by atomic mass is 10.2. The number of nitrogens with one attached hydrogen (secondary N) is 1. The summed E-state index contributed by atoms with van der Waals surface area (Å²) in [6.07, 6.45) is 0. The van der Waals surface area contributed by atoms with Gasteiger partial charge < -0.3 is 9.73 Å². The van der Waals surface area contributed by atoms with Crippen LogP contribution >= 0.6 is 34.5 Å². The normalized spacial score (nSPS) is 11.5. The second-order valence-corrected chi connectivity index (χ2v) is 8.74. The first-order valence-corrected chi connectivity index (χ1v) is 11.5. The molecule has 34 heavy (non-hydrogen) atoms. The number of hydrogen-bond donors (Lipinski definition) is 1. The fraction of sp³-hybridized carbons (Fsp3) is 0. The lowest BCUT2D eigenvalue weighted by molar-refractivity contribution is 0.102. The van der Waals surface area contributed by atoms with Crippen LogP contribution in [0.15, 0.2) is 88.3 Å². The first-order chi connectivity index (χ1) is 16.5. The average molecular weight is 509 g/mol. The van der Waals surface area contributed by atoms with Gasteiger partial charge >= 0.3 is 6.01 Å². The smallest absolute Gasteiger partial charge is 0.345 e. The summed E-state index contributed by atoms with van der Waals surface area (Å²) < 4.78 is 7.22. The van der Waals surface area contributed by atoms with E-state index in [1.165, 1.54) is 4.68 Å². The van der Waals surface area contributed by atoms with Gasteiger partial charge in [0.05, 0.1) is 5.69 Å². The maximum atomic E-state index is 12.8. The third kappa shape index (κ3) is 4.91. The number of benzene rings is 3. The van der Waals surface area contributed by atoms with Gasteiger partial charge in [0, 0.05) is 21.3 Å². The van der Waals surface area contributed by atoms with E-state index in [0.717, 1.165) is 11.3 Å². The summed E-state index contributed by atoms with van der Waals surface area (Å²) >= 11 is 13.1. The number of anilines is 1. The van der Waals surface area contributed by atoms with E-state index in [9.17, 15) is 4.79 Å². The number of nitrogens with zero attached hydrogens (tertiary/aromatic N) is 5. The van der Waals surface area contributed by atoms with Crippen LogP contribution in [0.1, 0.15) is 9.80 Å². The van der Waals surface area contributed by atoms with Crippen LogP contribution in [0.4, 0.5) is 11.7 Å². The molecule has 0 saturated heterocycles. The Morgan fingerprint density at radius 2 is 1.59 bits per heavy atom. The summed E-state index contributed by atoms with van der Waals surface area (Å²) in [7, 11) is 0. The number of hydrogen-bond acceptors (Lipinski definition) is 7. The molecule has 0 radical (unpaired) electrons. The maximum absolute atomic E-state index is 12.8. The van der Waals surface area contributed by atoms with Gasteiger partial charge in [0.2, 0.25) is 15.7 Å². The zero-order valence-electron chi connectivity index (χ0n) is 17.2. The lowest BCUT2D eigenvalue weighted by Crippen LogP contribution is -2.15. The van der Waals surface area contributed by atoms with Crippen molar-refractivity contribution in [2.75, 3.05) is 5.32 Å². The van der Waals surface area contributed by atoms with E-state index in [-0.39, 0.29) is 16.9 Å². The van der Waals surface area contributed by atoms with Crippen molar-refractivity contribution < 1.29 is 9.21 Å². The van der Waals surface area contributed by atoms with Gasteiger partial charge in [-0.05, 0) is 60.7 Å². The third-order valence-corrected chi connectivity index (χ3v) is 5.97. The molecule has 8 nitrogen and oxygen atoms in total.